The number of fused-ring (bicyclic) bond motifs is 1. The highest BCUT2D eigenvalue weighted by molar-refractivity contribution is 5.82. The number of rotatable bonds is 5. The summed E-state index contributed by atoms with van der Waals surface area (Å²) in [6, 6.07) is -0.0458. The molecule has 1 aromatic rings. The van der Waals surface area contributed by atoms with Crippen LogP contribution in [-0.4, -0.2) is 95.5 Å². The van der Waals surface area contributed by atoms with Crippen LogP contribution in [0.3, 0.4) is 0 Å². The topological polar surface area (TPSA) is 90.9 Å². The van der Waals surface area contributed by atoms with Gasteiger partial charge in [0.2, 0.25) is 11.8 Å². The van der Waals surface area contributed by atoms with Gasteiger partial charge in [0.1, 0.15) is 11.6 Å². The standard InChI is InChI=1S/C23H36N6O3/c1-4-20(27-11-13-32-14-12-27)23(31)28-8-5-17(6-9-28)21-25-19-7-10-29(16(2)30)15-18(19)22(24-3)26-21/h17,20H,4-15H2,1-3H3,(H,24,25,26). The predicted molar refractivity (Wildman–Crippen MR) is 121 cm³/mol. The van der Waals surface area contributed by atoms with Gasteiger partial charge >= 0.3 is 0 Å². The van der Waals surface area contributed by atoms with E-state index in [9.17, 15) is 9.59 Å². The molecule has 9 heteroatoms. The largest absolute Gasteiger partial charge is 0.379 e. The second kappa shape index (κ2) is 10.1. The van der Waals surface area contributed by atoms with Gasteiger partial charge in [-0.2, -0.15) is 0 Å². The summed E-state index contributed by atoms with van der Waals surface area (Å²) in [5.41, 5.74) is 2.08. The molecule has 32 heavy (non-hydrogen) atoms. The van der Waals surface area contributed by atoms with Crippen LogP contribution in [0.25, 0.3) is 0 Å². The quantitative estimate of drug-likeness (QED) is 0.731. The normalized spacial score (nSPS) is 21.2. The molecule has 3 aliphatic rings. The number of carbonyl (C=O) groups excluding carboxylic acids is 2. The first kappa shape index (κ1) is 22.9. The number of aromatic nitrogens is 2. The number of likely N-dealkylation sites (tertiary alicyclic amines) is 1. The van der Waals surface area contributed by atoms with Gasteiger partial charge in [-0.05, 0) is 19.3 Å². The minimum Gasteiger partial charge on any atom is -0.379 e. The summed E-state index contributed by atoms with van der Waals surface area (Å²) in [6.07, 6.45) is 3.35. The Labute approximate surface area is 190 Å². The molecule has 4 rings (SSSR count). The van der Waals surface area contributed by atoms with Crippen molar-refractivity contribution in [3.63, 3.8) is 0 Å². The van der Waals surface area contributed by atoms with E-state index < -0.39 is 0 Å². The maximum absolute atomic E-state index is 13.2. The Kier molecular flexibility index (Phi) is 7.25. The number of hydrogen-bond donors (Lipinski definition) is 1. The van der Waals surface area contributed by atoms with Gasteiger partial charge < -0.3 is 19.9 Å². The van der Waals surface area contributed by atoms with Crippen molar-refractivity contribution < 1.29 is 14.3 Å². The molecule has 1 N–H and O–H groups in total. The molecule has 3 aliphatic heterocycles. The maximum atomic E-state index is 13.2. The first-order valence-electron chi connectivity index (χ1n) is 11.9. The Bertz CT molecular complexity index is 816. The van der Waals surface area contributed by atoms with Gasteiger partial charge in [-0.1, -0.05) is 6.92 Å². The molecule has 1 unspecified atom stereocenters. The van der Waals surface area contributed by atoms with E-state index in [1.165, 1.54) is 0 Å². The fourth-order valence-corrected chi connectivity index (χ4v) is 5.14. The number of hydrogen-bond acceptors (Lipinski definition) is 7. The molecule has 2 saturated heterocycles. The molecule has 0 bridgehead atoms. The predicted octanol–water partition coefficient (Wildman–Crippen LogP) is 1.24. The van der Waals surface area contributed by atoms with Gasteiger partial charge in [-0.15, -0.1) is 0 Å². The van der Waals surface area contributed by atoms with Gasteiger partial charge in [-0.25, -0.2) is 9.97 Å². The number of ether oxygens (including phenoxy) is 1. The van der Waals surface area contributed by atoms with Crippen molar-refractivity contribution in [2.75, 3.05) is 58.3 Å². The van der Waals surface area contributed by atoms with Crippen molar-refractivity contribution in [2.24, 2.45) is 0 Å². The summed E-state index contributed by atoms with van der Waals surface area (Å²) in [7, 11) is 1.87. The van der Waals surface area contributed by atoms with Crippen molar-refractivity contribution in [3.05, 3.63) is 17.1 Å². The maximum Gasteiger partial charge on any atom is 0.239 e. The zero-order valence-corrected chi connectivity index (χ0v) is 19.6. The number of amides is 2. The molecular weight excluding hydrogens is 408 g/mol. The highest BCUT2D eigenvalue weighted by Crippen LogP contribution is 2.31. The molecule has 9 nitrogen and oxygen atoms in total. The molecule has 0 aromatic carbocycles. The SMILES string of the molecule is CCC(C(=O)N1CCC(c2nc3c(c(NC)n2)CN(C(C)=O)CC3)CC1)N1CCOCC1. The lowest BCUT2D eigenvalue weighted by atomic mass is 9.94. The Morgan fingerprint density at radius 1 is 1.09 bits per heavy atom. The monoisotopic (exact) mass is 444 g/mol. The Balaban J connectivity index is 1.42. The van der Waals surface area contributed by atoms with Gasteiger partial charge in [0.25, 0.3) is 0 Å². The lowest BCUT2D eigenvalue weighted by molar-refractivity contribution is -0.140. The molecule has 0 aliphatic carbocycles. The van der Waals surface area contributed by atoms with Crippen LogP contribution in [0.5, 0.6) is 0 Å². The van der Waals surface area contributed by atoms with Crippen molar-refractivity contribution in [1.82, 2.24) is 24.7 Å². The number of carbonyl (C=O) groups is 2. The van der Waals surface area contributed by atoms with E-state index in [0.717, 1.165) is 74.8 Å². The van der Waals surface area contributed by atoms with Crippen molar-refractivity contribution in [3.8, 4) is 0 Å². The van der Waals surface area contributed by atoms with E-state index in [0.29, 0.717) is 26.3 Å². The third-order valence-corrected chi connectivity index (χ3v) is 7.09. The van der Waals surface area contributed by atoms with Crippen molar-refractivity contribution >= 4 is 17.6 Å². The Morgan fingerprint density at radius 2 is 1.81 bits per heavy atom. The highest BCUT2D eigenvalue weighted by atomic mass is 16.5. The van der Waals surface area contributed by atoms with Gasteiger partial charge in [0.05, 0.1) is 31.5 Å². The molecule has 2 fully saturated rings. The van der Waals surface area contributed by atoms with E-state index in [1.807, 2.05) is 16.8 Å². The van der Waals surface area contributed by atoms with E-state index in [4.69, 9.17) is 14.7 Å². The number of piperidine rings is 1. The molecule has 0 saturated carbocycles. The summed E-state index contributed by atoms with van der Waals surface area (Å²) < 4.78 is 5.45. The third kappa shape index (κ3) is 4.73. The number of nitrogens with zero attached hydrogens (tertiary/aromatic N) is 5. The van der Waals surface area contributed by atoms with Crippen LogP contribution >= 0.6 is 0 Å². The first-order valence-corrected chi connectivity index (χ1v) is 11.9. The minimum atomic E-state index is -0.0458. The van der Waals surface area contributed by atoms with Gasteiger partial charge in [-0.3, -0.25) is 14.5 Å². The zero-order valence-electron chi connectivity index (χ0n) is 19.6. The molecule has 176 valence electrons. The average molecular weight is 445 g/mol. The van der Waals surface area contributed by atoms with E-state index in [2.05, 4.69) is 17.1 Å². The van der Waals surface area contributed by atoms with Crippen LogP contribution in [0.2, 0.25) is 0 Å². The second-order valence-corrected chi connectivity index (χ2v) is 8.97. The Hall–Kier alpha value is -2.26. The Morgan fingerprint density at radius 3 is 2.44 bits per heavy atom. The minimum absolute atomic E-state index is 0.0458. The van der Waals surface area contributed by atoms with Crippen molar-refractivity contribution in [1.29, 1.82) is 0 Å². The summed E-state index contributed by atoms with van der Waals surface area (Å²) in [5, 5.41) is 3.21. The van der Waals surface area contributed by atoms with Crippen LogP contribution in [0.15, 0.2) is 0 Å². The van der Waals surface area contributed by atoms with E-state index in [-0.39, 0.29) is 23.8 Å². The fourth-order valence-electron chi connectivity index (χ4n) is 5.14. The van der Waals surface area contributed by atoms with Crippen molar-refractivity contribution in [2.45, 2.75) is 58.0 Å². The zero-order chi connectivity index (χ0) is 22.7. The van der Waals surface area contributed by atoms with Gasteiger partial charge in [0.15, 0.2) is 0 Å². The average Bonchev–Trinajstić information content (AvgIpc) is 2.84. The van der Waals surface area contributed by atoms with E-state index >= 15 is 0 Å². The third-order valence-electron chi connectivity index (χ3n) is 7.09. The highest BCUT2D eigenvalue weighted by Gasteiger charge is 2.33. The molecule has 4 heterocycles. The van der Waals surface area contributed by atoms with Crippen LogP contribution in [0.4, 0.5) is 5.82 Å². The van der Waals surface area contributed by atoms with Crippen LogP contribution < -0.4 is 5.32 Å². The second-order valence-electron chi connectivity index (χ2n) is 8.97. The summed E-state index contributed by atoms with van der Waals surface area (Å²) >= 11 is 0. The molecule has 2 amide bonds. The van der Waals surface area contributed by atoms with Gasteiger partial charge in [0, 0.05) is 64.6 Å². The number of nitrogens with one attached hydrogen (secondary N) is 1. The fraction of sp³-hybridized carbons (Fsp3) is 0.739. The molecule has 1 atom stereocenters. The lowest BCUT2D eigenvalue weighted by Crippen LogP contribution is -2.53. The summed E-state index contributed by atoms with van der Waals surface area (Å²) in [6.45, 7) is 9.54. The molecule has 0 spiro atoms. The van der Waals surface area contributed by atoms with Crippen LogP contribution in [0.1, 0.15) is 56.1 Å². The number of anilines is 1. The van der Waals surface area contributed by atoms with Crippen LogP contribution in [-0.2, 0) is 27.3 Å². The lowest BCUT2D eigenvalue weighted by Gasteiger charge is -2.38. The first-order chi connectivity index (χ1) is 15.5. The number of morpholine rings is 1. The molecule has 0 radical (unpaired) electrons. The smallest absolute Gasteiger partial charge is 0.239 e. The summed E-state index contributed by atoms with van der Waals surface area (Å²) in [4.78, 5) is 40.9. The molecule has 1 aromatic heterocycles. The summed E-state index contributed by atoms with van der Waals surface area (Å²) in [5.74, 6) is 2.29. The van der Waals surface area contributed by atoms with Crippen LogP contribution in [0, 0.1) is 0 Å². The van der Waals surface area contributed by atoms with E-state index in [1.54, 1.807) is 6.92 Å². The molecular formula is C23H36N6O3.